The number of hydrogen-bond acceptors (Lipinski definition) is 6. The second-order valence-electron chi connectivity index (χ2n) is 8.91. The highest BCUT2D eigenvalue weighted by atomic mass is 32.1. The number of imidazole rings is 1. The van der Waals surface area contributed by atoms with E-state index in [1.165, 1.54) is 0 Å². The molecule has 0 bridgehead atoms. The van der Waals surface area contributed by atoms with E-state index in [1.807, 2.05) is 44.3 Å². The van der Waals surface area contributed by atoms with Crippen molar-refractivity contribution in [1.29, 1.82) is 0 Å². The molecule has 190 valence electrons. The van der Waals surface area contributed by atoms with Gasteiger partial charge in [0.05, 0.1) is 22.9 Å². The smallest absolute Gasteiger partial charge is 0.161 e. The first-order chi connectivity index (χ1) is 18.4. The highest BCUT2D eigenvalue weighted by Crippen LogP contribution is 2.35. The molecule has 5 heterocycles. The van der Waals surface area contributed by atoms with Crippen LogP contribution in [-0.2, 0) is 0 Å². The van der Waals surface area contributed by atoms with E-state index in [2.05, 4.69) is 64.3 Å². The van der Waals surface area contributed by atoms with Gasteiger partial charge < -0.3 is 10.3 Å². The van der Waals surface area contributed by atoms with Gasteiger partial charge in [-0.25, -0.2) is 9.97 Å². The first-order valence-corrected chi connectivity index (χ1v) is 13.1. The molecule has 0 saturated carbocycles. The van der Waals surface area contributed by atoms with E-state index in [4.69, 9.17) is 9.97 Å². The number of rotatable bonds is 9. The zero-order valence-electron chi connectivity index (χ0n) is 21.7. The Balaban J connectivity index is 1.56. The molecule has 8 heteroatoms. The number of pyridine rings is 2. The molecule has 0 radical (unpaired) electrons. The molecule has 38 heavy (non-hydrogen) atoms. The third-order valence-corrected chi connectivity index (χ3v) is 7.48. The number of fused-ring (bicyclic) bond motifs is 2. The summed E-state index contributed by atoms with van der Waals surface area (Å²) in [4.78, 5) is 20.0. The molecule has 0 spiro atoms. The van der Waals surface area contributed by atoms with Gasteiger partial charge in [-0.3, -0.25) is 10.1 Å². The lowest BCUT2D eigenvalue weighted by molar-refractivity contribution is 0.920. The van der Waals surface area contributed by atoms with Crippen LogP contribution in [0.3, 0.4) is 0 Å². The van der Waals surface area contributed by atoms with Gasteiger partial charge in [0.2, 0.25) is 0 Å². The van der Waals surface area contributed by atoms with Crippen LogP contribution in [0, 0.1) is 0 Å². The van der Waals surface area contributed by atoms with Crippen LogP contribution in [0.5, 0.6) is 0 Å². The first-order valence-electron chi connectivity index (χ1n) is 12.3. The van der Waals surface area contributed by atoms with Crippen molar-refractivity contribution in [2.45, 2.75) is 27.2 Å². The standard InChI is InChI=1S/C30H29N7S/c1-7-18(6)32-20(9-3)14-19(8-2)22-10-11-23-28(33-22)29(37-36-23)30-34-24-16-31-15-21(27(24)35-30)26-13-12-25(38-26)17(4)5/h8-16,32H,3-4,6-7H2,1-2,5H3,(H,34,35)(H,36,37)/b19-8+,20-14+. The van der Waals surface area contributed by atoms with E-state index >= 15 is 0 Å². The zero-order chi connectivity index (χ0) is 26.8. The Morgan fingerprint density at radius 3 is 2.63 bits per heavy atom. The minimum Gasteiger partial charge on any atom is -0.359 e. The maximum atomic E-state index is 4.97. The lowest BCUT2D eigenvalue weighted by Gasteiger charge is -2.10. The summed E-state index contributed by atoms with van der Waals surface area (Å²) in [6.07, 6.45) is 10.3. The quantitative estimate of drug-likeness (QED) is 0.174. The van der Waals surface area contributed by atoms with Gasteiger partial charge in [0.25, 0.3) is 0 Å². The van der Waals surface area contributed by atoms with Gasteiger partial charge in [0.1, 0.15) is 11.0 Å². The molecule has 5 aromatic rings. The second kappa shape index (κ2) is 10.4. The number of aromatic nitrogens is 6. The number of nitrogens with zero attached hydrogens (tertiary/aromatic N) is 4. The Morgan fingerprint density at radius 2 is 1.92 bits per heavy atom. The number of H-pyrrole nitrogens is 2. The largest absolute Gasteiger partial charge is 0.359 e. The third-order valence-electron chi connectivity index (χ3n) is 6.20. The summed E-state index contributed by atoms with van der Waals surface area (Å²) >= 11 is 1.68. The summed E-state index contributed by atoms with van der Waals surface area (Å²) in [5.41, 5.74) is 9.44. The van der Waals surface area contributed by atoms with Crippen molar-refractivity contribution in [2.24, 2.45) is 0 Å². The monoisotopic (exact) mass is 519 g/mol. The Morgan fingerprint density at radius 1 is 1.08 bits per heavy atom. The van der Waals surface area contributed by atoms with Gasteiger partial charge in [-0.1, -0.05) is 32.7 Å². The van der Waals surface area contributed by atoms with Crippen molar-refractivity contribution in [1.82, 2.24) is 35.5 Å². The lowest BCUT2D eigenvalue weighted by Crippen LogP contribution is -2.09. The first kappa shape index (κ1) is 25.1. The van der Waals surface area contributed by atoms with Crippen LogP contribution in [0.25, 0.3) is 55.2 Å². The minimum atomic E-state index is 0.632. The molecule has 0 aliphatic carbocycles. The molecule has 3 N–H and O–H groups in total. The Kier molecular flexibility index (Phi) is 6.89. The molecule has 0 amide bonds. The maximum absolute atomic E-state index is 4.97. The molecule has 0 fully saturated rings. The van der Waals surface area contributed by atoms with Crippen LogP contribution in [0.15, 0.2) is 86.0 Å². The molecule has 5 aromatic heterocycles. The highest BCUT2D eigenvalue weighted by Gasteiger charge is 2.18. The van der Waals surface area contributed by atoms with Gasteiger partial charge in [0.15, 0.2) is 11.5 Å². The minimum absolute atomic E-state index is 0.632. The van der Waals surface area contributed by atoms with E-state index < -0.39 is 0 Å². The average molecular weight is 520 g/mol. The van der Waals surface area contributed by atoms with Gasteiger partial charge in [-0.2, -0.15) is 5.10 Å². The summed E-state index contributed by atoms with van der Waals surface area (Å²) in [5.74, 6) is 0.632. The fourth-order valence-electron chi connectivity index (χ4n) is 4.07. The Bertz CT molecular complexity index is 1760. The van der Waals surface area contributed by atoms with Crippen molar-refractivity contribution in [3.8, 4) is 22.0 Å². The second-order valence-corrected chi connectivity index (χ2v) is 9.99. The summed E-state index contributed by atoms with van der Waals surface area (Å²) < 4.78 is 0. The molecule has 0 atom stereocenters. The lowest BCUT2D eigenvalue weighted by atomic mass is 10.1. The normalized spacial score (nSPS) is 12.3. The van der Waals surface area contributed by atoms with Crippen LogP contribution in [0.4, 0.5) is 0 Å². The fraction of sp³-hybridized carbons (Fsp3) is 0.133. The van der Waals surface area contributed by atoms with E-state index in [0.717, 1.165) is 72.0 Å². The van der Waals surface area contributed by atoms with Crippen molar-refractivity contribution in [3.05, 3.63) is 96.6 Å². The van der Waals surface area contributed by atoms with Gasteiger partial charge in [0, 0.05) is 32.9 Å². The highest BCUT2D eigenvalue weighted by molar-refractivity contribution is 7.16. The van der Waals surface area contributed by atoms with Crippen LogP contribution >= 0.6 is 11.3 Å². The summed E-state index contributed by atoms with van der Waals surface area (Å²) in [7, 11) is 0. The molecule has 0 unspecified atom stereocenters. The molecule has 0 aromatic carbocycles. The van der Waals surface area contributed by atoms with E-state index in [0.29, 0.717) is 11.5 Å². The predicted octanol–water partition coefficient (Wildman–Crippen LogP) is 7.64. The number of nitrogens with one attached hydrogen (secondary N) is 3. The number of allylic oxidation sites excluding steroid dienone is 6. The van der Waals surface area contributed by atoms with Gasteiger partial charge >= 0.3 is 0 Å². The summed E-state index contributed by atoms with van der Waals surface area (Å²) in [5, 5.41) is 10.9. The number of aromatic amines is 2. The number of hydrogen-bond donors (Lipinski definition) is 3. The van der Waals surface area contributed by atoms with Crippen molar-refractivity contribution in [3.63, 3.8) is 0 Å². The topological polar surface area (TPSA) is 95.2 Å². The number of thiophene rings is 1. The van der Waals surface area contributed by atoms with Crippen molar-refractivity contribution < 1.29 is 0 Å². The van der Waals surface area contributed by atoms with Crippen LogP contribution < -0.4 is 5.32 Å². The van der Waals surface area contributed by atoms with E-state index in [9.17, 15) is 0 Å². The summed E-state index contributed by atoms with van der Waals surface area (Å²) in [6, 6.07) is 8.13. The van der Waals surface area contributed by atoms with Crippen molar-refractivity contribution >= 4 is 44.5 Å². The third kappa shape index (κ3) is 4.73. The molecule has 0 saturated heterocycles. The average Bonchev–Trinajstić information content (AvgIpc) is 3.68. The zero-order valence-corrected chi connectivity index (χ0v) is 22.5. The Labute approximate surface area is 225 Å². The molecule has 7 nitrogen and oxygen atoms in total. The van der Waals surface area contributed by atoms with Crippen LogP contribution in [0.2, 0.25) is 0 Å². The molecule has 0 aliphatic heterocycles. The van der Waals surface area contributed by atoms with Gasteiger partial charge in [-0.15, -0.1) is 11.3 Å². The molecule has 0 aliphatic rings. The molecule has 5 rings (SSSR count). The van der Waals surface area contributed by atoms with Gasteiger partial charge in [-0.05, 0) is 67.8 Å². The SMILES string of the molecule is C=C/C(=C\C(=C/C)c1ccc2[nH]nc(-c3nc4c(-c5ccc(C(=C)C)s5)cncc4[nH]3)c2n1)NC(=C)CC. The molecular formula is C30H29N7S. The van der Waals surface area contributed by atoms with Crippen LogP contribution in [0.1, 0.15) is 37.8 Å². The summed E-state index contributed by atoms with van der Waals surface area (Å²) in [6.45, 7) is 18.1. The maximum Gasteiger partial charge on any atom is 0.161 e. The predicted molar refractivity (Wildman–Crippen MR) is 159 cm³/mol. The van der Waals surface area contributed by atoms with Crippen molar-refractivity contribution in [2.75, 3.05) is 0 Å². The fourth-order valence-corrected chi connectivity index (χ4v) is 5.02. The molecular weight excluding hydrogens is 490 g/mol. The van der Waals surface area contributed by atoms with Crippen LogP contribution in [-0.4, -0.2) is 30.1 Å². The Hall–Kier alpha value is -4.56. The van der Waals surface area contributed by atoms with E-state index in [-0.39, 0.29) is 0 Å². The van der Waals surface area contributed by atoms with E-state index in [1.54, 1.807) is 23.6 Å².